The molecule has 1 unspecified atom stereocenters. The number of amides is 1. The molecule has 0 spiro atoms. The predicted octanol–water partition coefficient (Wildman–Crippen LogP) is 3.92. The van der Waals surface area contributed by atoms with E-state index in [9.17, 15) is 4.79 Å². The number of hydrogen-bond acceptors (Lipinski definition) is 3. The van der Waals surface area contributed by atoms with Crippen molar-refractivity contribution >= 4 is 6.09 Å². The van der Waals surface area contributed by atoms with E-state index in [1.165, 1.54) is 0 Å². The first-order valence-electron chi connectivity index (χ1n) is 7.80. The van der Waals surface area contributed by atoms with Crippen molar-refractivity contribution in [2.24, 2.45) is 0 Å². The molecule has 24 heavy (non-hydrogen) atoms. The van der Waals surface area contributed by atoms with E-state index in [0.29, 0.717) is 5.75 Å². The second-order valence-electron chi connectivity index (χ2n) is 5.90. The van der Waals surface area contributed by atoms with E-state index in [1.54, 1.807) is 11.9 Å². The highest BCUT2D eigenvalue weighted by molar-refractivity contribution is 5.77. The molecule has 2 heterocycles. The molecule has 0 bridgehead atoms. The fraction of sp³-hybridized carbons (Fsp3) is 0.158. The number of hydrogen-bond donors (Lipinski definition) is 1. The third-order valence-electron chi connectivity index (χ3n) is 4.40. The topological polar surface area (TPSA) is 58.2 Å². The van der Waals surface area contributed by atoms with Crippen LogP contribution in [-0.2, 0) is 0 Å². The number of rotatable bonds is 2. The average molecular weight is 319 g/mol. The van der Waals surface area contributed by atoms with Gasteiger partial charge in [0, 0.05) is 29.4 Å². The van der Waals surface area contributed by atoms with Crippen molar-refractivity contribution in [1.29, 1.82) is 0 Å². The maximum Gasteiger partial charge on any atom is 0.415 e. The zero-order chi connectivity index (χ0) is 16.7. The van der Waals surface area contributed by atoms with Gasteiger partial charge in [0.1, 0.15) is 5.75 Å². The Hall–Kier alpha value is -3.08. The van der Waals surface area contributed by atoms with E-state index in [-0.39, 0.29) is 12.1 Å². The normalized spacial score (nSPS) is 16.7. The molecule has 5 heteroatoms. The number of aromatic amines is 1. The van der Waals surface area contributed by atoms with Gasteiger partial charge in [0.2, 0.25) is 0 Å². The second kappa shape index (κ2) is 5.53. The van der Waals surface area contributed by atoms with E-state index in [2.05, 4.69) is 10.2 Å². The van der Waals surface area contributed by atoms with Crippen LogP contribution in [-0.4, -0.2) is 28.2 Å². The zero-order valence-corrected chi connectivity index (χ0v) is 13.5. The smallest absolute Gasteiger partial charge is 0.410 e. The molecule has 3 aromatic rings. The van der Waals surface area contributed by atoms with Gasteiger partial charge >= 0.3 is 6.09 Å². The molecule has 1 aliphatic rings. The van der Waals surface area contributed by atoms with Gasteiger partial charge in [-0.25, -0.2) is 4.79 Å². The molecule has 0 radical (unpaired) electrons. The fourth-order valence-electron chi connectivity index (χ4n) is 3.22. The summed E-state index contributed by atoms with van der Waals surface area (Å²) in [6.07, 6.45) is -0.363. The van der Waals surface area contributed by atoms with Crippen LogP contribution in [0.5, 0.6) is 5.75 Å². The van der Waals surface area contributed by atoms with Crippen molar-refractivity contribution < 1.29 is 9.53 Å². The number of aryl methyl sites for hydroxylation is 1. The van der Waals surface area contributed by atoms with Crippen molar-refractivity contribution in [3.8, 4) is 17.0 Å². The number of ether oxygens (including phenoxy) is 1. The van der Waals surface area contributed by atoms with Gasteiger partial charge in [0.05, 0.1) is 11.7 Å². The summed E-state index contributed by atoms with van der Waals surface area (Å²) in [4.78, 5) is 13.9. The summed E-state index contributed by atoms with van der Waals surface area (Å²) in [5, 5.41) is 7.56. The van der Waals surface area contributed by atoms with Gasteiger partial charge in [0.25, 0.3) is 0 Å². The molecule has 1 aliphatic heterocycles. The lowest BCUT2D eigenvalue weighted by Crippen LogP contribution is -2.38. The van der Waals surface area contributed by atoms with Gasteiger partial charge in [0.15, 0.2) is 0 Å². The van der Waals surface area contributed by atoms with Crippen LogP contribution in [0.15, 0.2) is 54.6 Å². The van der Waals surface area contributed by atoms with Crippen LogP contribution in [0.3, 0.4) is 0 Å². The number of nitrogens with one attached hydrogen (secondary N) is 1. The second-order valence-corrected chi connectivity index (χ2v) is 5.90. The number of H-pyrrole nitrogens is 1. The molecule has 120 valence electrons. The first kappa shape index (κ1) is 14.5. The summed E-state index contributed by atoms with van der Waals surface area (Å²) < 4.78 is 5.41. The van der Waals surface area contributed by atoms with Crippen molar-refractivity contribution in [3.05, 3.63) is 71.4 Å². The van der Waals surface area contributed by atoms with Gasteiger partial charge in [-0.15, -0.1) is 0 Å². The molecule has 0 saturated carbocycles. The molecule has 1 atom stereocenters. The van der Waals surface area contributed by atoms with E-state index in [4.69, 9.17) is 4.74 Å². The van der Waals surface area contributed by atoms with Gasteiger partial charge < -0.3 is 4.74 Å². The molecule has 4 rings (SSSR count). The minimum Gasteiger partial charge on any atom is -0.410 e. The maximum atomic E-state index is 12.3. The Balaban J connectivity index is 1.93. The molecular formula is C19H17N3O2. The first-order valence-corrected chi connectivity index (χ1v) is 7.80. The summed E-state index contributed by atoms with van der Waals surface area (Å²) in [6, 6.07) is 17.4. The minimum atomic E-state index is -0.363. The Morgan fingerprint density at radius 1 is 1.08 bits per heavy atom. The molecule has 1 amide bonds. The monoisotopic (exact) mass is 319 g/mol. The average Bonchev–Trinajstić information content (AvgIpc) is 2.98. The maximum absolute atomic E-state index is 12.3. The number of nitrogens with zero attached hydrogens (tertiary/aromatic N) is 2. The van der Waals surface area contributed by atoms with Crippen LogP contribution in [0.2, 0.25) is 0 Å². The number of carbonyl (C=O) groups excluding carboxylic acids is 1. The number of para-hydroxylation sites is 1. The number of benzene rings is 2. The van der Waals surface area contributed by atoms with Crippen molar-refractivity contribution in [3.63, 3.8) is 0 Å². The van der Waals surface area contributed by atoms with Crippen LogP contribution in [0.25, 0.3) is 11.3 Å². The number of fused-ring (bicyclic) bond motifs is 1. The summed E-state index contributed by atoms with van der Waals surface area (Å²) in [5.41, 5.74) is 4.76. The molecule has 0 fully saturated rings. The van der Waals surface area contributed by atoms with Crippen molar-refractivity contribution in [2.75, 3.05) is 7.05 Å². The van der Waals surface area contributed by atoms with E-state index < -0.39 is 0 Å². The zero-order valence-electron chi connectivity index (χ0n) is 13.5. The Kier molecular flexibility index (Phi) is 3.34. The largest absolute Gasteiger partial charge is 0.415 e. The molecular weight excluding hydrogens is 302 g/mol. The Morgan fingerprint density at radius 3 is 2.58 bits per heavy atom. The predicted molar refractivity (Wildman–Crippen MR) is 90.8 cm³/mol. The molecule has 5 nitrogen and oxygen atoms in total. The Morgan fingerprint density at radius 2 is 1.79 bits per heavy atom. The van der Waals surface area contributed by atoms with Crippen LogP contribution >= 0.6 is 0 Å². The Labute approximate surface area is 139 Å². The molecule has 1 aromatic heterocycles. The van der Waals surface area contributed by atoms with Crippen LogP contribution in [0.1, 0.15) is 22.9 Å². The number of aromatic nitrogens is 2. The highest BCUT2D eigenvalue weighted by Crippen LogP contribution is 2.42. The molecule has 2 aromatic carbocycles. The van der Waals surface area contributed by atoms with Gasteiger partial charge in [-0.3, -0.25) is 10.00 Å². The molecule has 0 saturated heterocycles. The SMILES string of the molecule is Cc1[nH]nc(-c2ccccc2)c1C1c2ccccc2OC(=O)N1C. The number of carbonyl (C=O) groups is 1. The minimum absolute atomic E-state index is 0.239. The van der Waals surface area contributed by atoms with Crippen LogP contribution in [0.4, 0.5) is 4.79 Å². The summed E-state index contributed by atoms with van der Waals surface area (Å²) >= 11 is 0. The quantitative estimate of drug-likeness (QED) is 0.779. The standard InChI is InChI=1S/C19H17N3O2/c1-12-16(17(21-20-12)13-8-4-3-5-9-13)18-14-10-6-7-11-15(14)24-19(23)22(18)2/h3-11,18H,1-2H3,(H,20,21). The van der Waals surface area contributed by atoms with Gasteiger partial charge in [-0.2, -0.15) is 5.10 Å². The molecule has 0 aliphatic carbocycles. The third kappa shape index (κ3) is 2.17. The first-order chi connectivity index (χ1) is 11.7. The van der Waals surface area contributed by atoms with Gasteiger partial charge in [-0.05, 0) is 13.0 Å². The van der Waals surface area contributed by atoms with E-state index in [1.807, 2.05) is 61.5 Å². The fourth-order valence-corrected chi connectivity index (χ4v) is 3.22. The highest BCUT2D eigenvalue weighted by atomic mass is 16.6. The molecule has 1 N–H and O–H groups in total. The van der Waals surface area contributed by atoms with E-state index in [0.717, 1.165) is 28.1 Å². The van der Waals surface area contributed by atoms with Crippen molar-refractivity contribution in [2.45, 2.75) is 13.0 Å². The third-order valence-corrected chi connectivity index (χ3v) is 4.40. The van der Waals surface area contributed by atoms with Crippen LogP contribution < -0.4 is 4.74 Å². The lowest BCUT2D eigenvalue weighted by atomic mass is 9.92. The lowest BCUT2D eigenvalue weighted by molar-refractivity contribution is 0.140. The van der Waals surface area contributed by atoms with E-state index >= 15 is 0 Å². The lowest BCUT2D eigenvalue weighted by Gasteiger charge is -2.34. The summed E-state index contributed by atoms with van der Waals surface area (Å²) in [7, 11) is 1.75. The summed E-state index contributed by atoms with van der Waals surface area (Å²) in [5.74, 6) is 0.602. The summed E-state index contributed by atoms with van der Waals surface area (Å²) in [6.45, 7) is 1.98. The highest BCUT2D eigenvalue weighted by Gasteiger charge is 2.36. The Bertz CT molecular complexity index is 902. The van der Waals surface area contributed by atoms with Crippen molar-refractivity contribution in [1.82, 2.24) is 15.1 Å². The van der Waals surface area contributed by atoms with Gasteiger partial charge in [-0.1, -0.05) is 48.5 Å². The van der Waals surface area contributed by atoms with Crippen LogP contribution in [0, 0.1) is 6.92 Å².